The summed E-state index contributed by atoms with van der Waals surface area (Å²) in [5.74, 6) is 3.49. The first-order valence-electron chi connectivity index (χ1n) is 13.9. The highest BCUT2D eigenvalue weighted by Gasteiger charge is 2.29. The van der Waals surface area contributed by atoms with Crippen LogP contribution in [0.3, 0.4) is 0 Å². The Morgan fingerprint density at radius 2 is 1.62 bits per heavy atom. The molecule has 3 aromatic rings. The third kappa shape index (κ3) is 6.12. The lowest BCUT2D eigenvalue weighted by Crippen LogP contribution is -2.43. The zero-order chi connectivity index (χ0) is 27.6. The smallest absolute Gasteiger partial charge is 0.411 e. The lowest BCUT2D eigenvalue weighted by Gasteiger charge is -2.28. The number of carbonyl (C=O) groups is 1. The number of benzene rings is 3. The number of ether oxygens (including phenoxy) is 1. The second-order valence-corrected chi connectivity index (χ2v) is 16.4. The van der Waals surface area contributed by atoms with E-state index in [1.54, 1.807) is 0 Å². The number of nitrogens with zero attached hydrogens (tertiary/aromatic N) is 1. The Kier molecular flexibility index (Phi) is 7.95. The van der Waals surface area contributed by atoms with Crippen LogP contribution < -0.4 is 10.6 Å². The first kappa shape index (κ1) is 27.2. The first-order chi connectivity index (χ1) is 18.7. The minimum Gasteiger partial charge on any atom is -0.448 e. The van der Waals surface area contributed by atoms with Gasteiger partial charge in [-0.1, -0.05) is 74.1 Å². The third-order valence-corrected chi connectivity index (χ3v) is 8.58. The van der Waals surface area contributed by atoms with E-state index in [4.69, 9.17) is 4.74 Å². The summed E-state index contributed by atoms with van der Waals surface area (Å²) in [5, 5.41) is 6.54. The Labute approximate surface area is 234 Å². The number of nitrogens with one attached hydrogen (secondary N) is 2. The van der Waals surface area contributed by atoms with Crippen molar-refractivity contribution in [1.82, 2.24) is 10.2 Å². The Hall–Kier alpha value is -3.37. The van der Waals surface area contributed by atoms with E-state index in [2.05, 4.69) is 115 Å². The summed E-state index contributed by atoms with van der Waals surface area (Å²) < 4.78 is 5.90. The van der Waals surface area contributed by atoms with Crippen molar-refractivity contribution >= 4 is 19.9 Å². The van der Waals surface area contributed by atoms with Gasteiger partial charge >= 0.3 is 6.09 Å². The molecule has 1 heterocycles. The van der Waals surface area contributed by atoms with E-state index in [1.165, 1.54) is 27.8 Å². The van der Waals surface area contributed by atoms with Crippen molar-refractivity contribution in [3.8, 4) is 22.6 Å². The fourth-order valence-electron chi connectivity index (χ4n) is 5.55. The van der Waals surface area contributed by atoms with Crippen LogP contribution in [0, 0.1) is 25.3 Å². The number of carbonyl (C=O) groups excluding carboxylic acids is 1. The fourth-order valence-corrected chi connectivity index (χ4v) is 6.06. The molecule has 2 N–H and O–H groups in total. The average Bonchev–Trinajstić information content (AvgIpc) is 3.24. The van der Waals surface area contributed by atoms with Crippen molar-refractivity contribution in [2.45, 2.75) is 46.0 Å². The Bertz CT molecular complexity index is 1400. The number of hydrogen-bond donors (Lipinski definition) is 2. The van der Waals surface area contributed by atoms with Crippen LogP contribution in [0.1, 0.15) is 39.3 Å². The summed E-state index contributed by atoms with van der Waals surface area (Å²) in [6, 6.07) is 19.0. The molecule has 0 atom stereocenters. The predicted molar refractivity (Wildman–Crippen MR) is 163 cm³/mol. The average molecular weight is 538 g/mol. The van der Waals surface area contributed by atoms with Gasteiger partial charge in [-0.05, 0) is 58.9 Å². The molecule has 1 aliphatic carbocycles. The Morgan fingerprint density at radius 1 is 1.00 bits per heavy atom. The quantitative estimate of drug-likeness (QED) is 0.296. The van der Waals surface area contributed by atoms with Crippen LogP contribution >= 0.6 is 0 Å². The first-order valence-corrected chi connectivity index (χ1v) is 17.4. The van der Waals surface area contributed by atoms with Crippen molar-refractivity contribution in [2.75, 3.05) is 38.1 Å². The van der Waals surface area contributed by atoms with Gasteiger partial charge in [0, 0.05) is 44.2 Å². The van der Waals surface area contributed by atoms with Gasteiger partial charge in [0.15, 0.2) is 0 Å². The standard InChI is InChI=1S/C33H39N3O2Si/c1-23-25(14-19-39(3,4)5)20-26(21-36-17-15-34-16-18-36)24(2)32(23)35-33(37)38-22-31-29-12-8-6-10-27(29)28-11-7-9-13-30(28)31/h6-13,20,31,34H,15-18,21-22H2,1-5H3,(H,35,37). The number of fused-ring (bicyclic) bond motifs is 3. The predicted octanol–water partition coefficient (Wildman–Crippen LogP) is 6.30. The molecule has 6 heteroatoms. The molecular formula is C33H39N3O2Si. The summed E-state index contributed by atoms with van der Waals surface area (Å²) in [6.07, 6.45) is -0.425. The molecule has 0 saturated carbocycles. The zero-order valence-corrected chi connectivity index (χ0v) is 24.8. The molecule has 5 nitrogen and oxygen atoms in total. The molecule has 1 fully saturated rings. The second kappa shape index (κ2) is 11.4. The lowest BCUT2D eigenvalue weighted by molar-refractivity contribution is 0.158. The van der Waals surface area contributed by atoms with E-state index in [1.807, 2.05) is 0 Å². The second-order valence-electron chi connectivity index (χ2n) is 11.7. The maximum absolute atomic E-state index is 13.2. The molecule has 202 valence electrons. The van der Waals surface area contributed by atoms with Gasteiger partial charge in [-0.3, -0.25) is 10.2 Å². The molecule has 0 radical (unpaired) electrons. The number of piperazine rings is 1. The van der Waals surface area contributed by atoms with E-state index in [0.29, 0.717) is 6.61 Å². The molecule has 2 aliphatic rings. The van der Waals surface area contributed by atoms with Gasteiger partial charge in [0.1, 0.15) is 14.7 Å². The molecule has 1 saturated heterocycles. The van der Waals surface area contributed by atoms with Gasteiger partial charge in [-0.15, -0.1) is 5.54 Å². The summed E-state index contributed by atoms with van der Waals surface area (Å²) in [7, 11) is -1.56. The van der Waals surface area contributed by atoms with Crippen LogP contribution in [0.4, 0.5) is 10.5 Å². The number of hydrogen-bond acceptors (Lipinski definition) is 4. The molecule has 0 spiro atoms. The van der Waals surface area contributed by atoms with Crippen LogP contribution in [-0.4, -0.2) is 51.9 Å². The van der Waals surface area contributed by atoms with Crippen LogP contribution in [0.15, 0.2) is 54.6 Å². The maximum atomic E-state index is 13.2. The number of amides is 1. The van der Waals surface area contributed by atoms with Crippen LogP contribution in [-0.2, 0) is 11.3 Å². The van der Waals surface area contributed by atoms with E-state index in [0.717, 1.165) is 55.1 Å². The summed E-state index contributed by atoms with van der Waals surface area (Å²) in [4.78, 5) is 15.7. The van der Waals surface area contributed by atoms with Crippen molar-refractivity contribution < 1.29 is 9.53 Å². The van der Waals surface area contributed by atoms with Gasteiger partial charge in [-0.2, -0.15) is 0 Å². The molecule has 1 aliphatic heterocycles. The van der Waals surface area contributed by atoms with Crippen LogP contribution in [0.2, 0.25) is 19.6 Å². The van der Waals surface area contributed by atoms with Gasteiger partial charge in [0.25, 0.3) is 0 Å². The highest BCUT2D eigenvalue weighted by molar-refractivity contribution is 6.83. The summed E-state index contributed by atoms with van der Waals surface area (Å²) in [6.45, 7) is 16.1. The molecule has 0 bridgehead atoms. The summed E-state index contributed by atoms with van der Waals surface area (Å²) in [5.41, 5.74) is 13.5. The number of rotatable bonds is 5. The van der Waals surface area contributed by atoms with Gasteiger partial charge in [0.05, 0.1) is 5.69 Å². The van der Waals surface area contributed by atoms with Crippen molar-refractivity contribution in [3.63, 3.8) is 0 Å². The molecule has 0 aromatic heterocycles. The minimum atomic E-state index is -1.56. The van der Waals surface area contributed by atoms with E-state index in [9.17, 15) is 4.79 Å². The summed E-state index contributed by atoms with van der Waals surface area (Å²) >= 11 is 0. The maximum Gasteiger partial charge on any atom is 0.411 e. The molecule has 5 rings (SSSR count). The third-order valence-electron chi connectivity index (χ3n) is 7.70. The topological polar surface area (TPSA) is 53.6 Å². The number of anilines is 1. The van der Waals surface area contributed by atoms with Gasteiger partial charge in [0.2, 0.25) is 0 Å². The SMILES string of the molecule is Cc1c(C#C[Si](C)(C)C)cc(CN2CCNCC2)c(C)c1NC(=O)OCC1c2ccccc2-c2ccccc21. The molecule has 39 heavy (non-hydrogen) atoms. The van der Waals surface area contributed by atoms with Gasteiger partial charge in [-0.25, -0.2) is 4.79 Å². The Balaban J connectivity index is 1.39. The van der Waals surface area contributed by atoms with Crippen molar-refractivity contribution in [3.05, 3.63) is 88.0 Å². The zero-order valence-electron chi connectivity index (χ0n) is 23.8. The van der Waals surface area contributed by atoms with E-state index in [-0.39, 0.29) is 5.92 Å². The van der Waals surface area contributed by atoms with Crippen LogP contribution in [0.25, 0.3) is 11.1 Å². The van der Waals surface area contributed by atoms with E-state index >= 15 is 0 Å². The highest BCUT2D eigenvalue weighted by Crippen LogP contribution is 2.44. The molecule has 1 amide bonds. The largest absolute Gasteiger partial charge is 0.448 e. The fraction of sp³-hybridized carbons (Fsp3) is 0.364. The Morgan fingerprint density at radius 3 is 2.23 bits per heavy atom. The van der Waals surface area contributed by atoms with E-state index < -0.39 is 14.2 Å². The monoisotopic (exact) mass is 537 g/mol. The van der Waals surface area contributed by atoms with Crippen molar-refractivity contribution in [2.24, 2.45) is 0 Å². The molecule has 3 aromatic carbocycles. The normalized spacial score (nSPS) is 15.2. The lowest BCUT2D eigenvalue weighted by atomic mass is 9.96. The van der Waals surface area contributed by atoms with Crippen molar-refractivity contribution in [1.29, 1.82) is 0 Å². The van der Waals surface area contributed by atoms with Gasteiger partial charge < -0.3 is 10.1 Å². The minimum absolute atomic E-state index is 0.0301. The highest BCUT2D eigenvalue weighted by atomic mass is 28.3. The molecular weight excluding hydrogens is 498 g/mol. The molecule has 0 unspecified atom stereocenters. The van der Waals surface area contributed by atoms with Crippen LogP contribution in [0.5, 0.6) is 0 Å².